The lowest BCUT2D eigenvalue weighted by Gasteiger charge is -2.22. The number of nitrogens with zero attached hydrogens (tertiary/aromatic N) is 1. The van der Waals surface area contributed by atoms with E-state index in [1.165, 1.54) is 0 Å². The van der Waals surface area contributed by atoms with Crippen LogP contribution in [0, 0.1) is 11.8 Å². The molecule has 1 heterocycles. The molecule has 1 fully saturated rings. The van der Waals surface area contributed by atoms with E-state index in [2.05, 4.69) is 13.8 Å². The van der Waals surface area contributed by atoms with Gasteiger partial charge in [0.15, 0.2) is 0 Å². The van der Waals surface area contributed by atoms with Gasteiger partial charge in [-0.2, -0.15) is 0 Å². The Kier molecular flexibility index (Phi) is 4.58. The summed E-state index contributed by atoms with van der Waals surface area (Å²) >= 11 is 0. The van der Waals surface area contributed by atoms with E-state index in [0.717, 1.165) is 32.4 Å². The molecule has 1 amide bonds. The summed E-state index contributed by atoms with van der Waals surface area (Å²) in [4.78, 5) is 14.1. The molecule has 88 valence electrons. The number of likely N-dealkylation sites (tertiary alicyclic amines) is 1. The molecule has 0 aliphatic carbocycles. The summed E-state index contributed by atoms with van der Waals surface area (Å²) in [6.45, 7) is 7.99. The number of rotatable bonds is 4. The molecular weight excluding hydrogens is 188 g/mol. The maximum atomic E-state index is 12.1. The van der Waals surface area contributed by atoms with Gasteiger partial charge in [-0.25, -0.2) is 0 Å². The van der Waals surface area contributed by atoms with Crippen LogP contribution in [0.3, 0.4) is 0 Å². The fraction of sp³-hybridized carbons (Fsp3) is 0.917. The van der Waals surface area contributed by atoms with Gasteiger partial charge in [-0.1, -0.05) is 13.8 Å². The Balaban J connectivity index is 2.49. The predicted molar refractivity (Wildman–Crippen MR) is 62.4 cm³/mol. The molecule has 2 unspecified atom stereocenters. The first-order valence-electron chi connectivity index (χ1n) is 6.14. The number of nitrogens with two attached hydrogens (primary N) is 1. The molecule has 3 nitrogen and oxygen atoms in total. The van der Waals surface area contributed by atoms with Crippen molar-refractivity contribution in [3.63, 3.8) is 0 Å². The van der Waals surface area contributed by atoms with Gasteiger partial charge in [0.25, 0.3) is 0 Å². The fourth-order valence-corrected chi connectivity index (χ4v) is 2.31. The lowest BCUT2D eigenvalue weighted by atomic mass is 10.0. The minimum Gasteiger partial charge on any atom is -0.342 e. The van der Waals surface area contributed by atoms with Gasteiger partial charge in [0.1, 0.15) is 0 Å². The second kappa shape index (κ2) is 5.50. The largest absolute Gasteiger partial charge is 0.342 e. The highest BCUT2D eigenvalue weighted by Gasteiger charge is 2.30. The Morgan fingerprint density at radius 1 is 1.47 bits per heavy atom. The van der Waals surface area contributed by atoms with Crippen molar-refractivity contribution in [2.45, 2.75) is 46.1 Å². The standard InChI is InChI=1S/C12H24N2O/c1-4-10(5-2)12(15)14-7-6-11(8-14)9(3)13/h9-11H,4-8,13H2,1-3H3. The lowest BCUT2D eigenvalue weighted by Crippen LogP contribution is -2.36. The summed E-state index contributed by atoms with van der Waals surface area (Å²) in [7, 11) is 0. The van der Waals surface area contributed by atoms with Crippen LogP contribution in [0.15, 0.2) is 0 Å². The van der Waals surface area contributed by atoms with Crippen molar-refractivity contribution in [1.29, 1.82) is 0 Å². The van der Waals surface area contributed by atoms with Crippen LogP contribution < -0.4 is 5.73 Å². The molecule has 0 spiro atoms. The Morgan fingerprint density at radius 2 is 2.07 bits per heavy atom. The molecule has 0 aromatic carbocycles. The second-order valence-electron chi connectivity index (χ2n) is 4.71. The third-order valence-corrected chi connectivity index (χ3v) is 3.61. The summed E-state index contributed by atoms with van der Waals surface area (Å²) in [5.41, 5.74) is 5.86. The van der Waals surface area contributed by atoms with E-state index in [1.807, 2.05) is 11.8 Å². The molecule has 2 atom stereocenters. The van der Waals surface area contributed by atoms with Crippen molar-refractivity contribution in [1.82, 2.24) is 4.90 Å². The Morgan fingerprint density at radius 3 is 2.47 bits per heavy atom. The van der Waals surface area contributed by atoms with E-state index in [-0.39, 0.29) is 12.0 Å². The zero-order chi connectivity index (χ0) is 11.4. The highest BCUT2D eigenvalue weighted by molar-refractivity contribution is 5.79. The van der Waals surface area contributed by atoms with Crippen LogP contribution in [0.1, 0.15) is 40.0 Å². The highest BCUT2D eigenvalue weighted by atomic mass is 16.2. The van der Waals surface area contributed by atoms with Crippen LogP contribution >= 0.6 is 0 Å². The van der Waals surface area contributed by atoms with Crippen LogP contribution in [0.25, 0.3) is 0 Å². The zero-order valence-electron chi connectivity index (χ0n) is 10.2. The van der Waals surface area contributed by atoms with Crippen molar-refractivity contribution < 1.29 is 4.79 Å². The summed E-state index contributed by atoms with van der Waals surface area (Å²) in [5, 5.41) is 0. The van der Waals surface area contributed by atoms with Crippen LogP contribution in [0.2, 0.25) is 0 Å². The van der Waals surface area contributed by atoms with Crippen LogP contribution in [-0.4, -0.2) is 29.9 Å². The van der Waals surface area contributed by atoms with Crippen LogP contribution in [0.4, 0.5) is 0 Å². The summed E-state index contributed by atoms with van der Waals surface area (Å²) < 4.78 is 0. The van der Waals surface area contributed by atoms with Gasteiger partial charge < -0.3 is 10.6 Å². The number of hydrogen-bond acceptors (Lipinski definition) is 2. The third-order valence-electron chi connectivity index (χ3n) is 3.61. The number of amides is 1. The van der Waals surface area contributed by atoms with Crippen molar-refractivity contribution in [2.75, 3.05) is 13.1 Å². The van der Waals surface area contributed by atoms with Crippen LogP contribution in [-0.2, 0) is 4.79 Å². The van der Waals surface area contributed by atoms with E-state index >= 15 is 0 Å². The molecule has 1 rings (SSSR count). The molecule has 1 aliphatic rings. The van der Waals surface area contributed by atoms with Crippen molar-refractivity contribution in [3.05, 3.63) is 0 Å². The predicted octanol–water partition coefficient (Wildman–Crippen LogP) is 1.62. The van der Waals surface area contributed by atoms with Gasteiger partial charge in [0.2, 0.25) is 5.91 Å². The first-order valence-corrected chi connectivity index (χ1v) is 6.14. The molecule has 0 aromatic rings. The minimum absolute atomic E-state index is 0.213. The summed E-state index contributed by atoms with van der Waals surface area (Å²) in [6.07, 6.45) is 2.98. The molecule has 0 radical (unpaired) electrons. The van der Waals surface area contributed by atoms with Gasteiger partial charge in [0, 0.05) is 25.0 Å². The lowest BCUT2D eigenvalue weighted by molar-refractivity contribution is -0.134. The van der Waals surface area contributed by atoms with E-state index < -0.39 is 0 Å². The normalized spacial score (nSPS) is 23.5. The van der Waals surface area contributed by atoms with Crippen molar-refractivity contribution in [2.24, 2.45) is 17.6 Å². The maximum Gasteiger partial charge on any atom is 0.225 e. The average Bonchev–Trinajstić information content (AvgIpc) is 2.68. The van der Waals surface area contributed by atoms with Gasteiger partial charge in [-0.3, -0.25) is 4.79 Å². The highest BCUT2D eigenvalue weighted by Crippen LogP contribution is 2.22. The summed E-state index contributed by atoms with van der Waals surface area (Å²) in [6, 6.07) is 0.213. The van der Waals surface area contributed by atoms with E-state index in [9.17, 15) is 4.79 Å². The molecule has 15 heavy (non-hydrogen) atoms. The fourth-order valence-electron chi connectivity index (χ4n) is 2.31. The van der Waals surface area contributed by atoms with Gasteiger partial charge in [-0.15, -0.1) is 0 Å². The number of carbonyl (C=O) groups is 1. The molecule has 0 bridgehead atoms. The quantitative estimate of drug-likeness (QED) is 0.769. The Labute approximate surface area is 93.0 Å². The summed E-state index contributed by atoms with van der Waals surface area (Å²) in [5.74, 6) is 1.06. The first-order chi connectivity index (χ1) is 7.10. The second-order valence-corrected chi connectivity index (χ2v) is 4.71. The topological polar surface area (TPSA) is 46.3 Å². The van der Waals surface area contributed by atoms with E-state index in [0.29, 0.717) is 11.8 Å². The van der Waals surface area contributed by atoms with Gasteiger partial charge in [-0.05, 0) is 32.1 Å². The molecule has 0 saturated carbocycles. The molecular formula is C12H24N2O. The number of hydrogen-bond donors (Lipinski definition) is 1. The molecule has 0 aromatic heterocycles. The number of carbonyl (C=O) groups excluding carboxylic acids is 1. The van der Waals surface area contributed by atoms with Crippen LogP contribution in [0.5, 0.6) is 0 Å². The van der Waals surface area contributed by atoms with Crippen molar-refractivity contribution >= 4 is 5.91 Å². The Bertz CT molecular complexity index is 212. The molecule has 1 aliphatic heterocycles. The van der Waals surface area contributed by atoms with Gasteiger partial charge in [0.05, 0.1) is 0 Å². The maximum absolute atomic E-state index is 12.1. The SMILES string of the molecule is CCC(CC)C(=O)N1CCC(C(C)N)C1. The molecule has 3 heteroatoms. The monoisotopic (exact) mass is 212 g/mol. The molecule has 2 N–H and O–H groups in total. The third kappa shape index (κ3) is 2.94. The Hall–Kier alpha value is -0.570. The van der Waals surface area contributed by atoms with E-state index in [1.54, 1.807) is 0 Å². The smallest absolute Gasteiger partial charge is 0.225 e. The van der Waals surface area contributed by atoms with E-state index in [4.69, 9.17) is 5.73 Å². The average molecular weight is 212 g/mol. The zero-order valence-corrected chi connectivity index (χ0v) is 10.2. The molecule has 1 saturated heterocycles. The van der Waals surface area contributed by atoms with Crippen molar-refractivity contribution in [3.8, 4) is 0 Å². The first kappa shape index (κ1) is 12.5. The van der Waals surface area contributed by atoms with Gasteiger partial charge >= 0.3 is 0 Å². The minimum atomic E-state index is 0.213.